The SMILES string of the molecule is CC1(C)C=C(c2ccc(O)c(N)c2)CC(N)=C1O. The van der Waals surface area contributed by atoms with Gasteiger partial charge in [-0.25, -0.2) is 0 Å². The van der Waals surface area contributed by atoms with Crippen molar-refractivity contribution in [2.45, 2.75) is 20.3 Å². The Hall–Kier alpha value is -2.10. The maximum atomic E-state index is 9.91. The molecular formula is C14H18N2O2. The van der Waals surface area contributed by atoms with E-state index in [1.54, 1.807) is 18.2 Å². The minimum atomic E-state index is -0.482. The first-order chi connectivity index (χ1) is 8.31. The summed E-state index contributed by atoms with van der Waals surface area (Å²) in [7, 11) is 0. The molecule has 0 amide bonds. The fourth-order valence-corrected chi connectivity index (χ4v) is 2.20. The van der Waals surface area contributed by atoms with Crippen LogP contribution in [0.2, 0.25) is 0 Å². The summed E-state index contributed by atoms with van der Waals surface area (Å²) in [4.78, 5) is 0. The molecule has 1 aliphatic carbocycles. The number of benzene rings is 1. The highest BCUT2D eigenvalue weighted by atomic mass is 16.3. The summed E-state index contributed by atoms with van der Waals surface area (Å²) in [6.45, 7) is 3.80. The fourth-order valence-electron chi connectivity index (χ4n) is 2.20. The second kappa shape index (κ2) is 3.98. The molecule has 96 valence electrons. The predicted molar refractivity (Wildman–Crippen MR) is 72.7 cm³/mol. The zero-order chi connectivity index (χ0) is 13.5. The summed E-state index contributed by atoms with van der Waals surface area (Å²) in [5, 5.41) is 19.3. The van der Waals surface area contributed by atoms with Crippen molar-refractivity contribution in [2.24, 2.45) is 11.1 Å². The highest BCUT2D eigenvalue weighted by Crippen LogP contribution is 2.39. The molecular weight excluding hydrogens is 228 g/mol. The quantitative estimate of drug-likeness (QED) is 0.452. The Balaban J connectivity index is 2.44. The molecule has 1 aromatic rings. The van der Waals surface area contributed by atoms with E-state index in [2.05, 4.69) is 0 Å². The van der Waals surface area contributed by atoms with E-state index in [-0.39, 0.29) is 11.5 Å². The highest BCUT2D eigenvalue weighted by molar-refractivity contribution is 5.74. The van der Waals surface area contributed by atoms with E-state index in [0.29, 0.717) is 17.8 Å². The van der Waals surface area contributed by atoms with Gasteiger partial charge in [-0.3, -0.25) is 0 Å². The molecule has 0 heterocycles. The molecule has 0 atom stereocenters. The molecule has 4 nitrogen and oxygen atoms in total. The molecule has 0 saturated heterocycles. The van der Waals surface area contributed by atoms with Crippen molar-refractivity contribution in [2.75, 3.05) is 5.73 Å². The number of rotatable bonds is 1. The average Bonchev–Trinajstić information content (AvgIpc) is 2.29. The number of aliphatic hydroxyl groups is 1. The van der Waals surface area contributed by atoms with Crippen LogP contribution in [0.1, 0.15) is 25.8 Å². The van der Waals surface area contributed by atoms with Crippen molar-refractivity contribution in [1.82, 2.24) is 0 Å². The lowest BCUT2D eigenvalue weighted by atomic mass is 9.80. The summed E-state index contributed by atoms with van der Waals surface area (Å²) >= 11 is 0. The van der Waals surface area contributed by atoms with Gasteiger partial charge in [-0.15, -0.1) is 0 Å². The lowest BCUT2D eigenvalue weighted by Gasteiger charge is -2.28. The zero-order valence-corrected chi connectivity index (χ0v) is 10.6. The monoisotopic (exact) mass is 246 g/mol. The predicted octanol–water partition coefficient (Wildman–Crippen LogP) is 2.52. The third-order valence-electron chi connectivity index (χ3n) is 3.23. The van der Waals surface area contributed by atoms with Crippen LogP contribution in [0, 0.1) is 5.41 Å². The first-order valence-corrected chi connectivity index (χ1v) is 5.80. The van der Waals surface area contributed by atoms with Gasteiger partial charge in [0.1, 0.15) is 11.5 Å². The summed E-state index contributed by atoms with van der Waals surface area (Å²) in [5.41, 5.74) is 13.8. The maximum Gasteiger partial charge on any atom is 0.138 e. The van der Waals surface area contributed by atoms with Crippen LogP contribution in [-0.2, 0) is 0 Å². The number of hydrogen-bond acceptors (Lipinski definition) is 4. The van der Waals surface area contributed by atoms with Crippen molar-refractivity contribution < 1.29 is 10.2 Å². The van der Waals surface area contributed by atoms with Gasteiger partial charge < -0.3 is 21.7 Å². The standard InChI is InChI=1S/C14H18N2O2/c1-14(2)7-9(6-11(16)13(14)18)8-3-4-12(17)10(15)5-8/h3-5,7,17-18H,6,15-16H2,1-2H3. The maximum absolute atomic E-state index is 9.91. The largest absolute Gasteiger partial charge is 0.510 e. The van der Waals surface area contributed by atoms with E-state index in [1.165, 1.54) is 0 Å². The third-order valence-corrected chi connectivity index (χ3v) is 3.23. The van der Waals surface area contributed by atoms with Crippen LogP contribution >= 0.6 is 0 Å². The number of aliphatic hydroxyl groups excluding tert-OH is 1. The number of allylic oxidation sites excluding steroid dienone is 2. The first kappa shape index (κ1) is 12.4. The molecule has 6 N–H and O–H groups in total. The number of phenolic OH excluding ortho intramolecular Hbond substituents is 1. The zero-order valence-electron chi connectivity index (χ0n) is 10.6. The Morgan fingerprint density at radius 3 is 2.39 bits per heavy atom. The van der Waals surface area contributed by atoms with Gasteiger partial charge >= 0.3 is 0 Å². The Labute approximate surface area is 106 Å². The van der Waals surface area contributed by atoms with E-state index < -0.39 is 5.41 Å². The minimum absolute atomic E-state index is 0.0702. The second-order valence-electron chi connectivity index (χ2n) is 5.22. The Morgan fingerprint density at radius 2 is 1.83 bits per heavy atom. The number of nitrogen functional groups attached to an aromatic ring is 1. The Bertz CT molecular complexity index is 557. The van der Waals surface area contributed by atoms with Crippen LogP contribution in [0.4, 0.5) is 5.69 Å². The molecule has 0 aliphatic heterocycles. The van der Waals surface area contributed by atoms with Crippen LogP contribution in [0.15, 0.2) is 35.7 Å². The molecule has 2 rings (SSSR count). The average molecular weight is 246 g/mol. The molecule has 0 fully saturated rings. The van der Waals surface area contributed by atoms with Gasteiger partial charge in [0.05, 0.1) is 11.4 Å². The number of phenols is 1. The number of anilines is 1. The van der Waals surface area contributed by atoms with Gasteiger partial charge in [-0.2, -0.15) is 0 Å². The summed E-state index contributed by atoms with van der Waals surface area (Å²) in [6.07, 6.45) is 2.46. The molecule has 0 radical (unpaired) electrons. The lowest BCUT2D eigenvalue weighted by molar-refractivity contribution is 0.291. The fraction of sp³-hybridized carbons (Fsp3) is 0.286. The van der Waals surface area contributed by atoms with Gasteiger partial charge in [-0.1, -0.05) is 12.1 Å². The topological polar surface area (TPSA) is 92.5 Å². The second-order valence-corrected chi connectivity index (χ2v) is 5.22. The normalized spacial score (nSPS) is 18.7. The molecule has 0 bridgehead atoms. The van der Waals surface area contributed by atoms with E-state index in [0.717, 1.165) is 11.1 Å². The molecule has 0 unspecified atom stereocenters. The Kier molecular flexibility index (Phi) is 2.73. The Morgan fingerprint density at radius 1 is 1.17 bits per heavy atom. The number of nitrogens with two attached hydrogens (primary N) is 2. The van der Waals surface area contributed by atoms with Crippen LogP contribution in [0.3, 0.4) is 0 Å². The van der Waals surface area contributed by atoms with Crippen LogP contribution in [0.5, 0.6) is 5.75 Å². The van der Waals surface area contributed by atoms with E-state index in [9.17, 15) is 10.2 Å². The molecule has 1 aliphatic rings. The summed E-state index contributed by atoms with van der Waals surface area (Å²) in [6, 6.07) is 5.07. The van der Waals surface area contributed by atoms with Gasteiger partial charge in [0.25, 0.3) is 0 Å². The third kappa shape index (κ3) is 2.01. The van der Waals surface area contributed by atoms with Gasteiger partial charge in [0.15, 0.2) is 0 Å². The molecule has 18 heavy (non-hydrogen) atoms. The van der Waals surface area contributed by atoms with Gasteiger partial charge in [0.2, 0.25) is 0 Å². The molecule has 0 spiro atoms. The summed E-state index contributed by atoms with van der Waals surface area (Å²) in [5.74, 6) is 0.291. The minimum Gasteiger partial charge on any atom is -0.510 e. The van der Waals surface area contributed by atoms with Gasteiger partial charge in [0, 0.05) is 11.8 Å². The molecule has 1 aromatic carbocycles. The molecule has 4 heteroatoms. The molecule has 0 saturated carbocycles. The van der Waals surface area contributed by atoms with Crippen LogP contribution in [0.25, 0.3) is 5.57 Å². The van der Waals surface area contributed by atoms with Crippen molar-refractivity contribution >= 4 is 11.3 Å². The van der Waals surface area contributed by atoms with E-state index in [1.807, 2.05) is 19.9 Å². The lowest BCUT2D eigenvalue weighted by Crippen LogP contribution is -2.21. The van der Waals surface area contributed by atoms with Crippen LogP contribution in [-0.4, -0.2) is 10.2 Å². The number of hydrogen-bond donors (Lipinski definition) is 4. The van der Waals surface area contributed by atoms with E-state index >= 15 is 0 Å². The van der Waals surface area contributed by atoms with Crippen molar-refractivity contribution in [1.29, 1.82) is 0 Å². The van der Waals surface area contributed by atoms with Crippen LogP contribution < -0.4 is 11.5 Å². The van der Waals surface area contributed by atoms with Crippen molar-refractivity contribution in [3.8, 4) is 5.75 Å². The van der Waals surface area contributed by atoms with Crippen molar-refractivity contribution in [3.05, 3.63) is 41.3 Å². The van der Waals surface area contributed by atoms with E-state index in [4.69, 9.17) is 11.5 Å². The summed E-state index contributed by atoms with van der Waals surface area (Å²) < 4.78 is 0. The van der Waals surface area contributed by atoms with Gasteiger partial charge in [-0.05, 0) is 37.1 Å². The molecule has 0 aromatic heterocycles. The van der Waals surface area contributed by atoms with Crippen molar-refractivity contribution in [3.63, 3.8) is 0 Å². The smallest absolute Gasteiger partial charge is 0.138 e. The first-order valence-electron chi connectivity index (χ1n) is 5.80. The number of aromatic hydroxyl groups is 1. The highest BCUT2D eigenvalue weighted by Gasteiger charge is 2.28.